The van der Waals surface area contributed by atoms with E-state index in [2.05, 4.69) is 4.98 Å². The van der Waals surface area contributed by atoms with Crippen molar-refractivity contribution in [3.05, 3.63) is 69.3 Å². The fraction of sp³-hybridized carbons (Fsp3) is 0.227. The molecule has 6 nitrogen and oxygen atoms in total. The molecule has 0 radical (unpaired) electrons. The number of benzene rings is 2. The Bertz CT molecular complexity index is 1150. The summed E-state index contributed by atoms with van der Waals surface area (Å²) in [5.41, 5.74) is 0.969. The predicted octanol–water partition coefficient (Wildman–Crippen LogP) is 4.56. The number of carbonyl (C=O) groups excluding carboxylic acids is 2. The third-order valence-electron chi connectivity index (χ3n) is 5.13. The highest BCUT2D eigenvalue weighted by Crippen LogP contribution is 2.30. The summed E-state index contributed by atoms with van der Waals surface area (Å²) in [5, 5.41) is 1.91. The van der Waals surface area contributed by atoms with Gasteiger partial charge in [0.25, 0.3) is 11.8 Å². The van der Waals surface area contributed by atoms with Gasteiger partial charge in [-0.3, -0.25) is 14.6 Å². The summed E-state index contributed by atoms with van der Waals surface area (Å²) in [6.45, 7) is 1.50. The van der Waals surface area contributed by atoms with Crippen molar-refractivity contribution in [3.63, 3.8) is 0 Å². The summed E-state index contributed by atoms with van der Waals surface area (Å²) in [5.74, 6) is 0.138. The molecule has 2 amide bonds. The summed E-state index contributed by atoms with van der Waals surface area (Å²) in [6.07, 6.45) is 1.65. The first-order valence-electron chi connectivity index (χ1n) is 9.63. The third-order valence-corrected chi connectivity index (χ3v) is 6.28. The van der Waals surface area contributed by atoms with E-state index >= 15 is 0 Å². The average Bonchev–Trinajstić information content (AvgIpc) is 2.80. The Morgan fingerprint density at radius 2 is 1.65 bits per heavy atom. The smallest absolute Gasteiger partial charge is 0.260 e. The number of carbonyl (C=O) groups is 2. The second-order valence-electron chi connectivity index (χ2n) is 7.01. The molecule has 3 aromatic rings. The Hall–Kier alpha value is -2.54. The Morgan fingerprint density at radius 1 is 0.903 bits per heavy atom. The summed E-state index contributed by atoms with van der Waals surface area (Å²) >= 11 is 18.4. The van der Waals surface area contributed by atoms with Gasteiger partial charge in [0.05, 0.1) is 20.6 Å². The first-order valence-corrected chi connectivity index (χ1v) is 10.8. The molecular formula is C22H18Cl3N3O3. The van der Waals surface area contributed by atoms with E-state index in [-0.39, 0.29) is 23.4 Å². The van der Waals surface area contributed by atoms with Crippen LogP contribution in [0.2, 0.25) is 15.1 Å². The molecule has 1 aliphatic heterocycles. The maximum Gasteiger partial charge on any atom is 0.260 e. The molecule has 0 atom stereocenters. The highest BCUT2D eigenvalue weighted by molar-refractivity contribution is 6.43. The molecule has 4 rings (SSSR count). The van der Waals surface area contributed by atoms with Crippen LogP contribution in [0.1, 0.15) is 10.4 Å². The lowest BCUT2D eigenvalue weighted by atomic mass is 10.1. The van der Waals surface area contributed by atoms with E-state index in [1.54, 1.807) is 52.4 Å². The number of ether oxygens (including phenoxy) is 1. The monoisotopic (exact) mass is 477 g/mol. The average molecular weight is 479 g/mol. The highest BCUT2D eigenvalue weighted by atomic mass is 35.5. The van der Waals surface area contributed by atoms with Crippen molar-refractivity contribution in [2.45, 2.75) is 0 Å². The number of rotatable bonds is 4. The molecule has 0 unspecified atom stereocenters. The van der Waals surface area contributed by atoms with Gasteiger partial charge in [-0.2, -0.15) is 0 Å². The number of nitrogens with zero attached hydrogens (tertiary/aromatic N) is 3. The van der Waals surface area contributed by atoms with Crippen molar-refractivity contribution >= 4 is 57.5 Å². The van der Waals surface area contributed by atoms with Crippen LogP contribution in [-0.2, 0) is 4.79 Å². The second kappa shape index (κ2) is 9.30. The van der Waals surface area contributed by atoms with E-state index < -0.39 is 0 Å². The zero-order valence-electron chi connectivity index (χ0n) is 16.4. The van der Waals surface area contributed by atoms with Crippen molar-refractivity contribution in [1.82, 2.24) is 14.8 Å². The molecule has 0 aliphatic carbocycles. The minimum atomic E-state index is -0.199. The van der Waals surface area contributed by atoms with Gasteiger partial charge >= 0.3 is 0 Å². The lowest BCUT2D eigenvalue weighted by Gasteiger charge is -2.35. The normalized spacial score (nSPS) is 14.0. The second-order valence-corrected chi connectivity index (χ2v) is 8.20. The zero-order chi connectivity index (χ0) is 22.0. The van der Waals surface area contributed by atoms with Crippen LogP contribution in [0.4, 0.5) is 0 Å². The van der Waals surface area contributed by atoms with Crippen LogP contribution in [0.15, 0.2) is 48.7 Å². The van der Waals surface area contributed by atoms with Crippen LogP contribution in [0, 0.1) is 0 Å². The number of hydrogen-bond acceptors (Lipinski definition) is 4. The van der Waals surface area contributed by atoms with E-state index in [0.717, 1.165) is 5.39 Å². The molecule has 160 valence electrons. The van der Waals surface area contributed by atoms with Gasteiger partial charge < -0.3 is 14.5 Å². The van der Waals surface area contributed by atoms with Gasteiger partial charge in [-0.15, -0.1) is 0 Å². The lowest BCUT2D eigenvalue weighted by Crippen LogP contribution is -2.51. The molecule has 0 spiro atoms. The molecular weight excluding hydrogens is 461 g/mol. The number of pyridine rings is 1. The predicted molar refractivity (Wildman–Crippen MR) is 121 cm³/mol. The summed E-state index contributed by atoms with van der Waals surface area (Å²) in [7, 11) is 0. The van der Waals surface area contributed by atoms with Gasteiger partial charge in [-0.25, -0.2) is 0 Å². The van der Waals surface area contributed by atoms with Gasteiger partial charge in [0.2, 0.25) is 0 Å². The number of aromatic nitrogens is 1. The quantitative estimate of drug-likeness (QED) is 0.551. The Labute approximate surface area is 194 Å². The van der Waals surface area contributed by atoms with E-state index in [4.69, 9.17) is 39.5 Å². The van der Waals surface area contributed by atoms with Gasteiger partial charge in [0, 0.05) is 37.8 Å². The number of piperazine rings is 1. The first-order chi connectivity index (χ1) is 15.0. The summed E-state index contributed by atoms with van der Waals surface area (Å²) < 4.78 is 5.74. The summed E-state index contributed by atoms with van der Waals surface area (Å²) in [6, 6.07) is 12.0. The van der Waals surface area contributed by atoms with Gasteiger partial charge in [0.1, 0.15) is 11.3 Å². The maximum absolute atomic E-state index is 12.7. The molecule has 9 heteroatoms. The van der Waals surface area contributed by atoms with Crippen molar-refractivity contribution in [2.75, 3.05) is 32.8 Å². The third kappa shape index (κ3) is 4.56. The van der Waals surface area contributed by atoms with E-state index in [1.165, 1.54) is 0 Å². The van der Waals surface area contributed by atoms with Crippen LogP contribution in [0.25, 0.3) is 10.9 Å². The van der Waals surface area contributed by atoms with Crippen molar-refractivity contribution in [3.8, 4) is 5.75 Å². The Kier molecular flexibility index (Phi) is 6.51. The standard InChI is InChI=1S/C22H18Cl3N3O3/c23-16-6-7-18(21-14(16)4-2-8-26-21)31-13-19(29)27-9-11-28(12-10-27)22(30)15-3-1-5-17(24)20(15)25/h1-8H,9-13H2. The SMILES string of the molecule is O=C(COc1ccc(Cl)c2cccnc12)N1CCN(C(=O)c2cccc(Cl)c2Cl)CC1. The first kappa shape index (κ1) is 21.7. The maximum atomic E-state index is 12.7. The van der Waals surface area contributed by atoms with Crippen molar-refractivity contribution in [2.24, 2.45) is 0 Å². The molecule has 31 heavy (non-hydrogen) atoms. The lowest BCUT2D eigenvalue weighted by molar-refractivity contribution is -0.134. The fourth-order valence-corrected chi connectivity index (χ4v) is 4.05. The number of fused-ring (bicyclic) bond motifs is 1. The fourth-order valence-electron chi connectivity index (χ4n) is 3.46. The molecule has 2 aromatic carbocycles. The topological polar surface area (TPSA) is 62.7 Å². The highest BCUT2D eigenvalue weighted by Gasteiger charge is 2.26. The Balaban J connectivity index is 1.35. The zero-order valence-corrected chi connectivity index (χ0v) is 18.6. The van der Waals surface area contributed by atoms with E-state index in [9.17, 15) is 9.59 Å². The van der Waals surface area contributed by atoms with Crippen molar-refractivity contribution in [1.29, 1.82) is 0 Å². The minimum absolute atomic E-state index is 0.124. The molecule has 2 heterocycles. The molecule has 0 saturated carbocycles. The molecule has 1 aliphatic rings. The molecule has 0 bridgehead atoms. The molecule has 1 aromatic heterocycles. The van der Waals surface area contributed by atoms with Crippen LogP contribution in [0.5, 0.6) is 5.75 Å². The van der Waals surface area contributed by atoms with Crippen LogP contribution < -0.4 is 4.74 Å². The largest absolute Gasteiger partial charge is 0.481 e. The van der Waals surface area contributed by atoms with Gasteiger partial charge in [-0.05, 0) is 36.4 Å². The Morgan fingerprint density at radius 3 is 2.42 bits per heavy atom. The van der Waals surface area contributed by atoms with Gasteiger partial charge in [-0.1, -0.05) is 40.9 Å². The number of amides is 2. The van der Waals surface area contributed by atoms with Gasteiger partial charge in [0.15, 0.2) is 6.61 Å². The molecule has 1 saturated heterocycles. The minimum Gasteiger partial charge on any atom is -0.481 e. The van der Waals surface area contributed by atoms with Crippen molar-refractivity contribution < 1.29 is 14.3 Å². The number of halogens is 3. The van der Waals surface area contributed by atoms with Crippen LogP contribution in [-0.4, -0.2) is 59.4 Å². The summed E-state index contributed by atoms with van der Waals surface area (Å²) in [4.78, 5) is 33.0. The van der Waals surface area contributed by atoms with Crippen LogP contribution >= 0.6 is 34.8 Å². The van der Waals surface area contributed by atoms with E-state index in [1.807, 2.05) is 6.07 Å². The molecule has 1 fully saturated rings. The molecule has 0 N–H and O–H groups in total. The number of hydrogen-bond donors (Lipinski definition) is 0. The van der Waals surface area contributed by atoms with E-state index in [0.29, 0.717) is 53.1 Å². The van der Waals surface area contributed by atoms with Crippen LogP contribution in [0.3, 0.4) is 0 Å².